The van der Waals surface area contributed by atoms with Gasteiger partial charge in [0.25, 0.3) is 5.56 Å². The summed E-state index contributed by atoms with van der Waals surface area (Å²) in [5.41, 5.74) is 1.63. The molecule has 0 aliphatic carbocycles. The number of benzene rings is 1. The SMILES string of the molecule is COc1cc(-c2nnc3s/c(=C/c4sccc4C)c(=O)n23)cc(OC)c1OC. The molecule has 4 rings (SSSR count). The van der Waals surface area contributed by atoms with Crippen LogP contribution < -0.4 is 24.3 Å². The fraction of sp³-hybridized carbons (Fsp3) is 0.211. The van der Waals surface area contributed by atoms with Crippen LogP contribution in [0.4, 0.5) is 0 Å². The summed E-state index contributed by atoms with van der Waals surface area (Å²) in [4.78, 5) is 14.6. The van der Waals surface area contributed by atoms with Crippen LogP contribution in [0, 0.1) is 6.92 Å². The van der Waals surface area contributed by atoms with Crippen molar-refractivity contribution >= 4 is 33.7 Å². The van der Waals surface area contributed by atoms with Gasteiger partial charge in [0.1, 0.15) is 0 Å². The lowest BCUT2D eigenvalue weighted by Gasteiger charge is -2.13. The summed E-state index contributed by atoms with van der Waals surface area (Å²) in [6.45, 7) is 2.02. The summed E-state index contributed by atoms with van der Waals surface area (Å²) in [6.07, 6.45) is 1.90. The molecule has 0 bridgehead atoms. The molecule has 3 heterocycles. The monoisotopic (exact) mass is 415 g/mol. The molecule has 0 radical (unpaired) electrons. The van der Waals surface area contributed by atoms with E-state index in [2.05, 4.69) is 10.2 Å². The minimum Gasteiger partial charge on any atom is -0.493 e. The van der Waals surface area contributed by atoms with Crippen molar-refractivity contribution in [3.05, 3.63) is 48.9 Å². The molecule has 0 saturated carbocycles. The van der Waals surface area contributed by atoms with Crippen LogP contribution in [-0.4, -0.2) is 35.9 Å². The first-order chi connectivity index (χ1) is 13.6. The summed E-state index contributed by atoms with van der Waals surface area (Å²) < 4.78 is 18.3. The minimum absolute atomic E-state index is 0.151. The fourth-order valence-electron chi connectivity index (χ4n) is 2.91. The number of ether oxygens (including phenoxy) is 3. The maximum absolute atomic E-state index is 13.0. The summed E-state index contributed by atoms with van der Waals surface area (Å²) in [5.74, 6) is 1.87. The zero-order valence-electron chi connectivity index (χ0n) is 15.7. The first-order valence-corrected chi connectivity index (χ1v) is 10.0. The van der Waals surface area contributed by atoms with Crippen molar-refractivity contribution in [1.29, 1.82) is 0 Å². The van der Waals surface area contributed by atoms with Crippen LogP contribution in [0.25, 0.3) is 22.4 Å². The van der Waals surface area contributed by atoms with E-state index in [9.17, 15) is 4.79 Å². The van der Waals surface area contributed by atoms with Crippen LogP contribution in [0.1, 0.15) is 10.4 Å². The molecule has 28 heavy (non-hydrogen) atoms. The average molecular weight is 415 g/mol. The van der Waals surface area contributed by atoms with Gasteiger partial charge in [-0.25, -0.2) is 4.40 Å². The Morgan fingerprint density at radius 3 is 2.36 bits per heavy atom. The zero-order chi connectivity index (χ0) is 19.8. The molecule has 0 fully saturated rings. The number of methoxy groups -OCH3 is 3. The molecule has 0 amide bonds. The highest BCUT2D eigenvalue weighted by atomic mass is 32.1. The molecule has 144 valence electrons. The van der Waals surface area contributed by atoms with E-state index < -0.39 is 0 Å². The number of thiazole rings is 1. The van der Waals surface area contributed by atoms with Crippen LogP contribution in [0.5, 0.6) is 17.2 Å². The maximum Gasteiger partial charge on any atom is 0.276 e. The molecule has 0 spiro atoms. The normalized spacial score (nSPS) is 11.9. The molecule has 0 atom stereocenters. The number of nitrogens with zero attached hydrogens (tertiary/aromatic N) is 3. The predicted molar refractivity (Wildman–Crippen MR) is 110 cm³/mol. The van der Waals surface area contributed by atoms with E-state index in [1.54, 1.807) is 44.8 Å². The number of aromatic nitrogens is 3. The third-order valence-corrected chi connectivity index (χ3v) is 6.26. The molecule has 1 aromatic carbocycles. The lowest BCUT2D eigenvalue weighted by atomic mass is 10.1. The van der Waals surface area contributed by atoms with E-state index >= 15 is 0 Å². The molecule has 0 unspecified atom stereocenters. The van der Waals surface area contributed by atoms with E-state index in [0.717, 1.165) is 10.4 Å². The number of hydrogen-bond acceptors (Lipinski definition) is 8. The molecule has 3 aromatic heterocycles. The van der Waals surface area contributed by atoms with Gasteiger partial charge in [-0.2, -0.15) is 0 Å². The number of rotatable bonds is 5. The summed E-state index contributed by atoms with van der Waals surface area (Å²) >= 11 is 2.91. The van der Waals surface area contributed by atoms with Crippen molar-refractivity contribution in [3.8, 4) is 28.6 Å². The molecule has 0 saturated heterocycles. The van der Waals surface area contributed by atoms with E-state index in [1.165, 1.54) is 15.7 Å². The van der Waals surface area contributed by atoms with E-state index in [4.69, 9.17) is 14.2 Å². The average Bonchev–Trinajstić information content (AvgIpc) is 3.39. The van der Waals surface area contributed by atoms with Crippen molar-refractivity contribution in [2.75, 3.05) is 21.3 Å². The zero-order valence-corrected chi connectivity index (χ0v) is 17.3. The summed E-state index contributed by atoms with van der Waals surface area (Å²) in [5, 5.41) is 10.4. The van der Waals surface area contributed by atoms with Crippen molar-refractivity contribution < 1.29 is 14.2 Å². The van der Waals surface area contributed by atoms with Gasteiger partial charge in [0, 0.05) is 10.4 Å². The Kier molecular flexibility index (Phi) is 4.78. The maximum atomic E-state index is 13.0. The molecule has 4 aromatic rings. The van der Waals surface area contributed by atoms with Gasteiger partial charge < -0.3 is 14.2 Å². The number of thiophene rings is 1. The largest absolute Gasteiger partial charge is 0.493 e. The van der Waals surface area contributed by atoms with E-state index in [1.807, 2.05) is 24.4 Å². The van der Waals surface area contributed by atoms with Gasteiger partial charge in [-0.05, 0) is 42.1 Å². The van der Waals surface area contributed by atoms with Crippen molar-refractivity contribution in [2.24, 2.45) is 0 Å². The van der Waals surface area contributed by atoms with Gasteiger partial charge in [-0.3, -0.25) is 4.79 Å². The van der Waals surface area contributed by atoms with E-state index in [0.29, 0.717) is 38.1 Å². The van der Waals surface area contributed by atoms with Gasteiger partial charge in [-0.1, -0.05) is 11.3 Å². The molecular formula is C19H17N3O4S2. The number of aryl methyl sites for hydroxylation is 1. The van der Waals surface area contributed by atoms with Gasteiger partial charge in [0.15, 0.2) is 17.3 Å². The topological polar surface area (TPSA) is 75.0 Å². The lowest BCUT2D eigenvalue weighted by Crippen LogP contribution is -2.23. The van der Waals surface area contributed by atoms with Crippen LogP contribution in [-0.2, 0) is 0 Å². The first kappa shape index (κ1) is 18.5. The third kappa shape index (κ3) is 2.92. The Morgan fingerprint density at radius 1 is 1.07 bits per heavy atom. The highest BCUT2D eigenvalue weighted by Gasteiger charge is 2.19. The quantitative estimate of drug-likeness (QED) is 0.499. The molecule has 0 N–H and O–H groups in total. The van der Waals surface area contributed by atoms with Crippen LogP contribution in [0.3, 0.4) is 0 Å². The van der Waals surface area contributed by atoms with Gasteiger partial charge >= 0.3 is 0 Å². The first-order valence-electron chi connectivity index (χ1n) is 8.31. The highest BCUT2D eigenvalue weighted by Crippen LogP contribution is 2.40. The van der Waals surface area contributed by atoms with Crippen molar-refractivity contribution in [3.63, 3.8) is 0 Å². The summed E-state index contributed by atoms with van der Waals surface area (Å²) in [7, 11) is 4.62. The second-order valence-electron chi connectivity index (χ2n) is 5.94. The minimum atomic E-state index is -0.151. The Labute approximate surface area is 168 Å². The Balaban J connectivity index is 1.93. The fourth-order valence-corrected chi connectivity index (χ4v) is 4.74. The molecule has 0 aliphatic rings. The Bertz CT molecular complexity index is 1250. The van der Waals surface area contributed by atoms with Gasteiger partial charge in [0.2, 0.25) is 10.7 Å². The second kappa shape index (κ2) is 7.25. The standard InChI is InChI=1S/C19H17N3O4S2/c1-10-5-6-27-14(10)9-15-18(23)22-17(20-21-19(22)28-15)11-7-12(24-2)16(26-4)13(8-11)25-3/h5-9H,1-4H3/b15-9+. The van der Waals surface area contributed by atoms with Crippen molar-refractivity contribution in [1.82, 2.24) is 14.6 Å². The Hall–Kier alpha value is -2.91. The van der Waals surface area contributed by atoms with Gasteiger partial charge in [-0.15, -0.1) is 21.5 Å². The second-order valence-corrected chi connectivity index (χ2v) is 7.90. The smallest absolute Gasteiger partial charge is 0.276 e. The van der Waals surface area contributed by atoms with Crippen LogP contribution in [0.2, 0.25) is 0 Å². The molecular weight excluding hydrogens is 398 g/mol. The van der Waals surface area contributed by atoms with E-state index in [-0.39, 0.29) is 5.56 Å². The van der Waals surface area contributed by atoms with Crippen LogP contribution in [0.15, 0.2) is 28.4 Å². The lowest BCUT2D eigenvalue weighted by molar-refractivity contribution is 0.324. The summed E-state index contributed by atoms with van der Waals surface area (Å²) in [6, 6.07) is 5.53. The molecule has 9 heteroatoms. The number of fused-ring (bicyclic) bond motifs is 1. The molecule has 7 nitrogen and oxygen atoms in total. The van der Waals surface area contributed by atoms with Crippen molar-refractivity contribution in [2.45, 2.75) is 6.92 Å². The Morgan fingerprint density at radius 2 is 1.79 bits per heavy atom. The highest BCUT2D eigenvalue weighted by molar-refractivity contribution is 7.15. The number of hydrogen-bond donors (Lipinski definition) is 0. The third-order valence-electron chi connectivity index (χ3n) is 4.34. The van der Waals surface area contributed by atoms with Gasteiger partial charge in [0.05, 0.1) is 25.9 Å². The molecule has 0 aliphatic heterocycles. The predicted octanol–water partition coefficient (Wildman–Crippen LogP) is 2.76. The van der Waals surface area contributed by atoms with Crippen LogP contribution >= 0.6 is 22.7 Å².